The molecule has 3 N–H and O–H groups in total. The van der Waals surface area contributed by atoms with E-state index >= 15 is 0 Å². The monoisotopic (exact) mass is 197 g/mol. The van der Waals surface area contributed by atoms with Crippen molar-refractivity contribution >= 4 is 16.9 Å². The summed E-state index contributed by atoms with van der Waals surface area (Å²) in [5, 5.41) is 9.27. The van der Waals surface area contributed by atoms with Crippen LogP contribution in [0.5, 0.6) is 5.88 Å². The molecule has 0 aliphatic rings. The van der Waals surface area contributed by atoms with Gasteiger partial charge in [-0.2, -0.15) is 4.98 Å². The van der Waals surface area contributed by atoms with Crippen molar-refractivity contribution < 1.29 is 13.9 Å². The highest BCUT2D eigenvalue weighted by Gasteiger charge is 2.09. The first kappa shape index (κ1) is 8.61. The van der Waals surface area contributed by atoms with Crippen molar-refractivity contribution in [3.8, 4) is 5.88 Å². The molecule has 2 aromatic rings. The highest BCUT2D eigenvalue weighted by molar-refractivity contribution is 5.84. The molecule has 0 aliphatic heterocycles. The zero-order valence-corrected chi connectivity index (χ0v) is 6.83. The summed E-state index contributed by atoms with van der Waals surface area (Å²) in [7, 11) is 0. The lowest BCUT2D eigenvalue weighted by Gasteiger charge is -2.01. The van der Waals surface area contributed by atoms with Gasteiger partial charge in [-0.1, -0.05) is 0 Å². The SMILES string of the molecule is Nc1nc(O)c2cc(F)c(F)cc2n1. The van der Waals surface area contributed by atoms with Gasteiger partial charge in [0.1, 0.15) is 0 Å². The zero-order chi connectivity index (χ0) is 10.3. The Hall–Kier alpha value is -1.98. The molecule has 6 heteroatoms. The zero-order valence-electron chi connectivity index (χ0n) is 6.83. The van der Waals surface area contributed by atoms with Crippen LogP contribution in [0.25, 0.3) is 10.9 Å². The molecule has 1 aromatic heterocycles. The lowest BCUT2D eigenvalue weighted by atomic mass is 10.2. The molecule has 0 fully saturated rings. The topological polar surface area (TPSA) is 72.0 Å². The molecule has 72 valence electrons. The lowest BCUT2D eigenvalue weighted by Crippen LogP contribution is -1.96. The van der Waals surface area contributed by atoms with E-state index in [9.17, 15) is 13.9 Å². The number of nitrogens with two attached hydrogens (primary N) is 1. The second-order valence-corrected chi connectivity index (χ2v) is 2.69. The van der Waals surface area contributed by atoms with Crippen LogP contribution in [0.15, 0.2) is 12.1 Å². The highest BCUT2D eigenvalue weighted by atomic mass is 19.2. The molecule has 0 spiro atoms. The third-order valence-corrected chi connectivity index (χ3v) is 1.73. The Balaban J connectivity index is 2.89. The fourth-order valence-electron chi connectivity index (χ4n) is 1.13. The highest BCUT2D eigenvalue weighted by Crippen LogP contribution is 2.24. The standard InChI is InChI=1S/C8H5F2N3O/c9-4-1-3-6(2-5(4)10)12-8(11)13-7(3)14/h1-2H,(H3,11,12,13,14). The van der Waals surface area contributed by atoms with E-state index in [0.29, 0.717) is 0 Å². The van der Waals surface area contributed by atoms with Gasteiger partial charge in [-0.05, 0) is 6.07 Å². The van der Waals surface area contributed by atoms with Gasteiger partial charge in [0.15, 0.2) is 11.6 Å². The summed E-state index contributed by atoms with van der Waals surface area (Å²) in [4.78, 5) is 7.04. The van der Waals surface area contributed by atoms with Crippen LogP contribution >= 0.6 is 0 Å². The molecule has 0 unspecified atom stereocenters. The molecule has 0 aliphatic carbocycles. The minimum atomic E-state index is -1.07. The number of halogens is 2. The van der Waals surface area contributed by atoms with Crippen LogP contribution in [0.1, 0.15) is 0 Å². The number of nitrogen functional groups attached to an aromatic ring is 1. The fourth-order valence-corrected chi connectivity index (χ4v) is 1.13. The number of aromatic hydroxyl groups is 1. The third kappa shape index (κ3) is 1.20. The smallest absolute Gasteiger partial charge is 0.223 e. The summed E-state index contributed by atoms with van der Waals surface area (Å²) in [6.07, 6.45) is 0. The number of anilines is 1. The molecule has 0 saturated heterocycles. The van der Waals surface area contributed by atoms with Gasteiger partial charge in [0.2, 0.25) is 11.8 Å². The first-order chi connectivity index (χ1) is 6.58. The Morgan fingerprint density at radius 2 is 1.79 bits per heavy atom. The second kappa shape index (κ2) is 2.76. The third-order valence-electron chi connectivity index (χ3n) is 1.73. The summed E-state index contributed by atoms with van der Waals surface area (Å²) in [6.45, 7) is 0. The van der Waals surface area contributed by atoms with E-state index in [1.807, 2.05) is 0 Å². The normalized spacial score (nSPS) is 10.7. The first-order valence-corrected chi connectivity index (χ1v) is 3.69. The van der Waals surface area contributed by atoms with Crippen molar-refractivity contribution in [2.24, 2.45) is 0 Å². The summed E-state index contributed by atoms with van der Waals surface area (Å²) < 4.78 is 25.5. The predicted molar refractivity (Wildman–Crippen MR) is 45.5 cm³/mol. The Morgan fingerprint density at radius 1 is 1.14 bits per heavy atom. The first-order valence-electron chi connectivity index (χ1n) is 3.69. The summed E-state index contributed by atoms with van der Waals surface area (Å²) in [6, 6.07) is 1.67. The Morgan fingerprint density at radius 3 is 2.50 bits per heavy atom. The van der Waals surface area contributed by atoms with Crippen molar-refractivity contribution in [2.45, 2.75) is 0 Å². The molecule has 0 radical (unpaired) electrons. The number of benzene rings is 1. The van der Waals surface area contributed by atoms with E-state index in [2.05, 4.69) is 9.97 Å². The van der Waals surface area contributed by atoms with E-state index < -0.39 is 17.5 Å². The van der Waals surface area contributed by atoms with Gasteiger partial charge in [-0.3, -0.25) is 0 Å². The summed E-state index contributed by atoms with van der Waals surface area (Å²) in [5.74, 6) is -2.77. The molecule has 0 amide bonds. The number of hydrogen-bond donors (Lipinski definition) is 2. The van der Waals surface area contributed by atoms with Gasteiger partial charge in [-0.15, -0.1) is 0 Å². The van der Waals surface area contributed by atoms with Crippen LogP contribution in [0, 0.1) is 11.6 Å². The van der Waals surface area contributed by atoms with E-state index in [1.165, 1.54) is 0 Å². The second-order valence-electron chi connectivity index (χ2n) is 2.69. The van der Waals surface area contributed by atoms with Crippen molar-refractivity contribution in [3.05, 3.63) is 23.8 Å². The lowest BCUT2D eigenvalue weighted by molar-refractivity contribution is 0.459. The van der Waals surface area contributed by atoms with Crippen molar-refractivity contribution in [3.63, 3.8) is 0 Å². The predicted octanol–water partition coefficient (Wildman–Crippen LogP) is 1.20. The average molecular weight is 197 g/mol. The van der Waals surface area contributed by atoms with Crippen molar-refractivity contribution in [2.75, 3.05) is 5.73 Å². The van der Waals surface area contributed by atoms with Crippen LogP contribution in [0.3, 0.4) is 0 Å². The molecule has 0 atom stereocenters. The molecule has 0 saturated carbocycles. The van der Waals surface area contributed by atoms with Crippen molar-refractivity contribution in [1.29, 1.82) is 0 Å². The van der Waals surface area contributed by atoms with Gasteiger partial charge >= 0.3 is 0 Å². The van der Waals surface area contributed by atoms with Crippen LogP contribution < -0.4 is 5.73 Å². The number of fused-ring (bicyclic) bond motifs is 1. The molecule has 1 aromatic carbocycles. The maximum atomic E-state index is 12.8. The largest absolute Gasteiger partial charge is 0.493 e. The van der Waals surface area contributed by atoms with E-state index in [1.54, 1.807) is 0 Å². The van der Waals surface area contributed by atoms with E-state index in [-0.39, 0.29) is 16.9 Å². The fraction of sp³-hybridized carbons (Fsp3) is 0. The molecule has 0 bridgehead atoms. The molecule has 2 rings (SSSR count). The molecular weight excluding hydrogens is 192 g/mol. The number of aromatic nitrogens is 2. The Kier molecular flexibility index (Phi) is 1.70. The number of nitrogens with zero attached hydrogens (tertiary/aromatic N) is 2. The maximum Gasteiger partial charge on any atom is 0.223 e. The summed E-state index contributed by atoms with van der Waals surface area (Å²) >= 11 is 0. The Labute approximate surface area is 77.0 Å². The number of hydrogen-bond acceptors (Lipinski definition) is 4. The number of rotatable bonds is 0. The van der Waals surface area contributed by atoms with Crippen LogP contribution in [-0.4, -0.2) is 15.1 Å². The molecular formula is C8H5F2N3O. The van der Waals surface area contributed by atoms with Gasteiger partial charge < -0.3 is 10.8 Å². The van der Waals surface area contributed by atoms with E-state index in [4.69, 9.17) is 5.73 Å². The Bertz CT molecular complexity index is 515. The molecule has 1 heterocycles. The van der Waals surface area contributed by atoms with Crippen molar-refractivity contribution in [1.82, 2.24) is 9.97 Å². The van der Waals surface area contributed by atoms with Gasteiger partial charge in [0.25, 0.3) is 0 Å². The van der Waals surface area contributed by atoms with Gasteiger partial charge in [0.05, 0.1) is 10.9 Å². The average Bonchev–Trinajstić information content (AvgIpc) is 2.08. The quantitative estimate of drug-likeness (QED) is 0.665. The summed E-state index contributed by atoms with van der Waals surface area (Å²) in [5.41, 5.74) is 5.28. The van der Waals surface area contributed by atoms with Gasteiger partial charge in [0, 0.05) is 6.07 Å². The minimum Gasteiger partial charge on any atom is -0.493 e. The van der Waals surface area contributed by atoms with Gasteiger partial charge in [-0.25, -0.2) is 13.8 Å². The molecule has 4 nitrogen and oxygen atoms in total. The maximum absolute atomic E-state index is 12.8. The van der Waals surface area contributed by atoms with Crippen LogP contribution in [0.4, 0.5) is 14.7 Å². The minimum absolute atomic E-state index is 0.0260. The van der Waals surface area contributed by atoms with Crippen LogP contribution in [0.2, 0.25) is 0 Å². The van der Waals surface area contributed by atoms with Crippen LogP contribution in [-0.2, 0) is 0 Å². The van der Waals surface area contributed by atoms with E-state index in [0.717, 1.165) is 12.1 Å². The molecule has 14 heavy (non-hydrogen) atoms.